The van der Waals surface area contributed by atoms with Gasteiger partial charge in [-0.2, -0.15) is 9.61 Å². The minimum atomic E-state index is 0.422. The van der Waals surface area contributed by atoms with Crippen molar-refractivity contribution < 1.29 is 4.74 Å². The summed E-state index contributed by atoms with van der Waals surface area (Å²) in [6.07, 6.45) is 2.32. The molecule has 2 aromatic heterocycles. The molecule has 1 fully saturated rings. The van der Waals surface area contributed by atoms with Gasteiger partial charge in [-0.3, -0.25) is 0 Å². The number of rotatable bonds is 3. The molecule has 0 radical (unpaired) electrons. The third-order valence-corrected chi connectivity index (χ3v) is 4.58. The second kappa shape index (κ2) is 6.13. The van der Waals surface area contributed by atoms with Crippen LogP contribution < -0.4 is 15.8 Å². The highest BCUT2D eigenvalue weighted by Gasteiger charge is 2.18. The zero-order valence-electron chi connectivity index (χ0n) is 13.7. The van der Waals surface area contributed by atoms with Crippen LogP contribution in [0.5, 0.6) is 5.75 Å². The van der Waals surface area contributed by atoms with Gasteiger partial charge >= 0.3 is 0 Å². The summed E-state index contributed by atoms with van der Waals surface area (Å²) >= 11 is 0. The Labute approximate surface area is 140 Å². The molecule has 0 unspecified atom stereocenters. The normalized spacial score (nSPS) is 18.0. The van der Waals surface area contributed by atoms with Crippen LogP contribution in [-0.2, 0) is 0 Å². The van der Waals surface area contributed by atoms with Gasteiger partial charge in [0.1, 0.15) is 11.6 Å². The minimum absolute atomic E-state index is 0.422. The molecule has 0 saturated carbocycles. The van der Waals surface area contributed by atoms with E-state index in [2.05, 4.69) is 10.4 Å². The molecule has 6 heteroatoms. The van der Waals surface area contributed by atoms with Crippen molar-refractivity contribution in [2.45, 2.75) is 18.8 Å². The van der Waals surface area contributed by atoms with Gasteiger partial charge < -0.3 is 15.8 Å². The molecule has 0 aliphatic carbocycles. The number of fused-ring (bicyclic) bond motifs is 1. The first-order valence-electron chi connectivity index (χ1n) is 8.26. The van der Waals surface area contributed by atoms with Gasteiger partial charge in [0.25, 0.3) is 0 Å². The Morgan fingerprint density at radius 2 is 2.08 bits per heavy atom. The highest BCUT2D eigenvalue weighted by Crippen LogP contribution is 2.27. The second-order valence-electron chi connectivity index (χ2n) is 6.18. The van der Waals surface area contributed by atoms with Gasteiger partial charge in [-0.25, -0.2) is 4.98 Å². The number of nitrogen functional groups attached to an aromatic ring is 1. The Kier molecular flexibility index (Phi) is 3.82. The van der Waals surface area contributed by atoms with E-state index in [4.69, 9.17) is 15.5 Å². The van der Waals surface area contributed by atoms with Crippen LogP contribution in [0, 0.1) is 0 Å². The predicted octanol–water partition coefficient (Wildman–Crippen LogP) is 2.45. The summed E-state index contributed by atoms with van der Waals surface area (Å²) in [6, 6.07) is 11.8. The van der Waals surface area contributed by atoms with Crippen LogP contribution in [0.15, 0.2) is 36.4 Å². The minimum Gasteiger partial charge on any atom is -0.497 e. The molecular weight excluding hydrogens is 302 g/mol. The zero-order valence-corrected chi connectivity index (χ0v) is 13.7. The van der Waals surface area contributed by atoms with Crippen molar-refractivity contribution in [1.82, 2.24) is 19.9 Å². The number of aromatic nitrogens is 3. The van der Waals surface area contributed by atoms with Crippen LogP contribution >= 0.6 is 0 Å². The number of benzene rings is 1. The monoisotopic (exact) mass is 323 g/mol. The lowest BCUT2D eigenvalue weighted by atomic mass is 9.96. The molecule has 0 bridgehead atoms. The lowest BCUT2D eigenvalue weighted by Gasteiger charge is -2.22. The molecule has 4 rings (SSSR count). The number of hydrogen-bond acceptors (Lipinski definition) is 5. The molecule has 1 aliphatic heterocycles. The summed E-state index contributed by atoms with van der Waals surface area (Å²) < 4.78 is 6.91. The Morgan fingerprint density at radius 3 is 2.79 bits per heavy atom. The molecule has 24 heavy (non-hydrogen) atoms. The van der Waals surface area contributed by atoms with Gasteiger partial charge in [-0.15, -0.1) is 0 Å². The zero-order chi connectivity index (χ0) is 16.5. The summed E-state index contributed by atoms with van der Waals surface area (Å²) in [5.74, 6) is 1.87. The Hall–Kier alpha value is -2.60. The summed E-state index contributed by atoms with van der Waals surface area (Å²) in [6.45, 7) is 2.05. The molecular formula is C18H21N5O. The van der Waals surface area contributed by atoms with Crippen molar-refractivity contribution in [2.75, 3.05) is 25.9 Å². The largest absolute Gasteiger partial charge is 0.497 e. The first kappa shape index (κ1) is 15.0. The molecule has 0 amide bonds. The standard InChI is InChI=1S/C18H21N5O/c1-24-14-6-4-12(5-7-14)16-10-18-21-15(9-17(19)23(18)22-16)13-3-2-8-20-11-13/h4-7,9-10,13,20H,2-3,8,11,19H2,1H3/t13-/m0/s1. The van der Waals surface area contributed by atoms with Crippen molar-refractivity contribution >= 4 is 11.5 Å². The first-order valence-corrected chi connectivity index (χ1v) is 8.26. The molecule has 0 spiro atoms. The lowest BCUT2D eigenvalue weighted by molar-refractivity contribution is 0.415. The number of methoxy groups -OCH3 is 1. The fourth-order valence-electron chi connectivity index (χ4n) is 3.23. The maximum absolute atomic E-state index is 6.22. The third kappa shape index (κ3) is 2.69. The van der Waals surface area contributed by atoms with Gasteiger partial charge in [0.15, 0.2) is 5.65 Å². The van der Waals surface area contributed by atoms with Crippen LogP contribution in [0.3, 0.4) is 0 Å². The second-order valence-corrected chi connectivity index (χ2v) is 6.18. The number of hydrogen-bond donors (Lipinski definition) is 2. The van der Waals surface area contributed by atoms with Crippen molar-refractivity contribution in [1.29, 1.82) is 0 Å². The summed E-state index contributed by atoms with van der Waals surface area (Å²) in [5, 5.41) is 8.02. The van der Waals surface area contributed by atoms with E-state index in [0.29, 0.717) is 11.7 Å². The quantitative estimate of drug-likeness (QED) is 0.774. The van der Waals surface area contributed by atoms with Gasteiger partial charge in [0.05, 0.1) is 18.5 Å². The fourth-order valence-corrected chi connectivity index (χ4v) is 3.23. The van der Waals surface area contributed by atoms with Crippen LogP contribution in [0.25, 0.3) is 16.9 Å². The lowest BCUT2D eigenvalue weighted by Crippen LogP contribution is -2.29. The first-order chi connectivity index (χ1) is 11.7. The van der Waals surface area contributed by atoms with E-state index >= 15 is 0 Å². The third-order valence-electron chi connectivity index (χ3n) is 4.58. The number of nitrogens with two attached hydrogens (primary N) is 1. The molecule has 6 nitrogen and oxygen atoms in total. The number of piperidine rings is 1. The molecule has 1 saturated heterocycles. The number of ether oxygens (including phenoxy) is 1. The van der Waals surface area contributed by atoms with Gasteiger partial charge in [-0.05, 0) is 43.7 Å². The van der Waals surface area contributed by atoms with E-state index in [1.807, 2.05) is 36.4 Å². The maximum atomic E-state index is 6.22. The van der Waals surface area contributed by atoms with Crippen LogP contribution in [0.1, 0.15) is 24.5 Å². The smallest absolute Gasteiger partial charge is 0.158 e. The van der Waals surface area contributed by atoms with E-state index < -0.39 is 0 Å². The van der Waals surface area contributed by atoms with E-state index in [1.165, 1.54) is 6.42 Å². The Morgan fingerprint density at radius 1 is 1.25 bits per heavy atom. The van der Waals surface area contributed by atoms with Crippen LogP contribution in [0.4, 0.5) is 5.82 Å². The molecule has 3 heterocycles. The van der Waals surface area contributed by atoms with Crippen molar-refractivity contribution in [2.24, 2.45) is 0 Å². The van der Waals surface area contributed by atoms with E-state index in [-0.39, 0.29) is 0 Å². The van der Waals surface area contributed by atoms with E-state index in [1.54, 1.807) is 11.6 Å². The molecule has 1 aliphatic rings. The van der Waals surface area contributed by atoms with Crippen molar-refractivity contribution in [3.8, 4) is 17.0 Å². The molecule has 3 aromatic rings. The van der Waals surface area contributed by atoms with E-state index in [9.17, 15) is 0 Å². The summed E-state index contributed by atoms with van der Waals surface area (Å²) in [4.78, 5) is 4.80. The number of anilines is 1. The number of nitrogens with one attached hydrogen (secondary N) is 1. The molecule has 1 aromatic carbocycles. The highest BCUT2D eigenvalue weighted by molar-refractivity contribution is 5.66. The van der Waals surface area contributed by atoms with Crippen LogP contribution in [-0.4, -0.2) is 34.8 Å². The summed E-state index contributed by atoms with van der Waals surface area (Å²) in [5.41, 5.74) is 9.94. The summed E-state index contributed by atoms with van der Waals surface area (Å²) in [7, 11) is 1.66. The molecule has 124 valence electrons. The Balaban J connectivity index is 1.72. The van der Waals surface area contributed by atoms with E-state index in [0.717, 1.165) is 47.9 Å². The van der Waals surface area contributed by atoms with Crippen molar-refractivity contribution in [3.63, 3.8) is 0 Å². The highest BCUT2D eigenvalue weighted by atomic mass is 16.5. The average Bonchev–Trinajstić information content (AvgIpc) is 3.07. The predicted molar refractivity (Wildman–Crippen MR) is 94.2 cm³/mol. The fraction of sp³-hybridized carbons (Fsp3) is 0.333. The Bertz CT molecular complexity index is 850. The average molecular weight is 323 g/mol. The number of nitrogens with zero attached hydrogens (tertiary/aromatic N) is 3. The molecule has 3 N–H and O–H groups in total. The van der Waals surface area contributed by atoms with Gasteiger partial charge in [0.2, 0.25) is 0 Å². The maximum Gasteiger partial charge on any atom is 0.158 e. The van der Waals surface area contributed by atoms with Crippen LogP contribution in [0.2, 0.25) is 0 Å². The van der Waals surface area contributed by atoms with Gasteiger partial charge in [0, 0.05) is 30.2 Å². The molecule has 1 atom stereocenters. The SMILES string of the molecule is COc1ccc(-c2cc3nc([C@H]4CCCNC4)cc(N)n3n2)cc1. The van der Waals surface area contributed by atoms with Crippen molar-refractivity contribution in [3.05, 3.63) is 42.1 Å². The topological polar surface area (TPSA) is 77.5 Å². The van der Waals surface area contributed by atoms with Gasteiger partial charge in [-0.1, -0.05) is 0 Å².